The Morgan fingerprint density at radius 2 is 2.10 bits per heavy atom. The van der Waals surface area contributed by atoms with E-state index in [2.05, 4.69) is 25.7 Å². The molecule has 1 aromatic carbocycles. The number of nitriles is 1. The van der Waals surface area contributed by atoms with Gasteiger partial charge in [0.1, 0.15) is 5.82 Å². The summed E-state index contributed by atoms with van der Waals surface area (Å²) in [5.74, 6) is 4.78. The predicted octanol–water partition coefficient (Wildman–Crippen LogP) is 1.31. The number of nitrogens with one attached hydrogen (secondary N) is 2. The summed E-state index contributed by atoms with van der Waals surface area (Å²) < 4.78 is 19.0. The van der Waals surface area contributed by atoms with Crippen LogP contribution in [0.15, 0.2) is 18.2 Å². The lowest BCUT2D eigenvalue weighted by Crippen LogP contribution is -2.13. The lowest BCUT2D eigenvalue weighted by atomic mass is 10.2. The van der Waals surface area contributed by atoms with Crippen LogP contribution in [-0.2, 0) is 0 Å². The summed E-state index contributed by atoms with van der Waals surface area (Å²) in [5.41, 5.74) is 2.60. The van der Waals surface area contributed by atoms with E-state index >= 15 is 0 Å². The van der Waals surface area contributed by atoms with Crippen LogP contribution in [0.1, 0.15) is 12.5 Å². The van der Waals surface area contributed by atoms with Gasteiger partial charge in [-0.05, 0) is 25.1 Å². The van der Waals surface area contributed by atoms with Crippen molar-refractivity contribution in [2.45, 2.75) is 6.92 Å². The average Bonchev–Trinajstić information content (AvgIpc) is 2.49. The molecule has 0 fully saturated rings. The molecular formula is C12H12FN7O. The van der Waals surface area contributed by atoms with Crippen molar-refractivity contribution >= 4 is 17.6 Å². The second kappa shape index (κ2) is 6.44. The zero-order valence-electron chi connectivity index (χ0n) is 11.1. The number of hydrogen-bond acceptors (Lipinski definition) is 8. The first-order chi connectivity index (χ1) is 10.2. The Bertz CT molecular complexity index is 686. The SMILES string of the molecule is CCOc1nc(NN)nc(Nc2ccc(C#N)cc2F)n1. The van der Waals surface area contributed by atoms with Crippen LogP contribution in [0.4, 0.5) is 22.0 Å². The molecule has 9 heteroatoms. The minimum absolute atomic E-state index is 0.0528. The monoisotopic (exact) mass is 289 g/mol. The van der Waals surface area contributed by atoms with Crippen LogP contribution in [0, 0.1) is 17.1 Å². The van der Waals surface area contributed by atoms with Crippen molar-refractivity contribution in [2.75, 3.05) is 17.3 Å². The number of aromatic nitrogens is 3. The molecule has 1 heterocycles. The highest BCUT2D eigenvalue weighted by Crippen LogP contribution is 2.20. The third-order valence-corrected chi connectivity index (χ3v) is 2.36. The lowest BCUT2D eigenvalue weighted by Gasteiger charge is -2.09. The molecule has 0 aliphatic carbocycles. The Kier molecular flexibility index (Phi) is 4.43. The highest BCUT2D eigenvalue weighted by atomic mass is 19.1. The molecule has 0 spiro atoms. The highest BCUT2D eigenvalue weighted by Gasteiger charge is 2.09. The number of nitrogen functional groups attached to an aromatic ring is 1. The molecule has 4 N–H and O–H groups in total. The van der Waals surface area contributed by atoms with Crippen molar-refractivity contribution in [2.24, 2.45) is 5.84 Å². The van der Waals surface area contributed by atoms with Gasteiger partial charge in [0.25, 0.3) is 0 Å². The first-order valence-corrected chi connectivity index (χ1v) is 5.98. The summed E-state index contributed by atoms with van der Waals surface area (Å²) in [4.78, 5) is 11.8. The number of ether oxygens (including phenoxy) is 1. The number of anilines is 3. The van der Waals surface area contributed by atoms with Crippen molar-refractivity contribution in [1.29, 1.82) is 5.26 Å². The smallest absolute Gasteiger partial charge is 0.323 e. The van der Waals surface area contributed by atoms with E-state index in [4.69, 9.17) is 15.8 Å². The molecule has 21 heavy (non-hydrogen) atoms. The number of hydrazine groups is 1. The van der Waals surface area contributed by atoms with Gasteiger partial charge in [-0.25, -0.2) is 10.2 Å². The quantitative estimate of drug-likeness (QED) is 0.556. The van der Waals surface area contributed by atoms with Crippen LogP contribution < -0.4 is 21.3 Å². The van der Waals surface area contributed by atoms with Crippen LogP contribution >= 0.6 is 0 Å². The normalized spacial score (nSPS) is 9.81. The van der Waals surface area contributed by atoms with Gasteiger partial charge in [-0.1, -0.05) is 0 Å². The van der Waals surface area contributed by atoms with E-state index in [1.54, 1.807) is 6.92 Å². The van der Waals surface area contributed by atoms with E-state index in [1.807, 2.05) is 6.07 Å². The molecule has 0 atom stereocenters. The summed E-state index contributed by atoms with van der Waals surface area (Å²) in [6.07, 6.45) is 0. The maximum absolute atomic E-state index is 13.8. The molecule has 2 rings (SSSR count). The second-order valence-corrected chi connectivity index (χ2v) is 3.77. The van der Waals surface area contributed by atoms with E-state index < -0.39 is 5.82 Å². The van der Waals surface area contributed by atoms with Gasteiger partial charge in [0.05, 0.1) is 23.9 Å². The molecule has 8 nitrogen and oxygen atoms in total. The van der Waals surface area contributed by atoms with Crippen molar-refractivity contribution < 1.29 is 9.13 Å². The van der Waals surface area contributed by atoms with E-state index in [-0.39, 0.29) is 29.2 Å². The average molecular weight is 289 g/mol. The fourth-order valence-electron chi connectivity index (χ4n) is 1.48. The minimum atomic E-state index is -0.602. The second-order valence-electron chi connectivity index (χ2n) is 3.77. The van der Waals surface area contributed by atoms with Gasteiger partial charge < -0.3 is 10.1 Å². The van der Waals surface area contributed by atoms with Gasteiger partial charge in [-0.15, -0.1) is 0 Å². The van der Waals surface area contributed by atoms with Gasteiger partial charge in [-0.3, -0.25) is 5.43 Å². The summed E-state index contributed by atoms with van der Waals surface area (Å²) in [6.45, 7) is 2.13. The molecule has 0 amide bonds. The third-order valence-electron chi connectivity index (χ3n) is 2.36. The molecule has 2 aromatic rings. The number of nitrogens with two attached hydrogens (primary N) is 1. The number of hydrogen-bond donors (Lipinski definition) is 3. The zero-order valence-corrected chi connectivity index (χ0v) is 11.1. The maximum atomic E-state index is 13.8. The largest absolute Gasteiger partial charge is 0.464 e. The zero-order chi connectivity index (χ0) is 15.2. The number of rotatable bonds is 5. The highest BCUT2D eigenvalue weighted by molar-refractivity contribution is 5.56. The van der Waals surface area contributed by atoms with Gasteiger partial charge in [-0.2, -0.15) is 20.2 Å². The summed E-state index contributed by atoms with van der Waals surface area (Å²) in [7, 11) is 0. The van der Waals surface area contributed by atoms with Crippen LogP contribution in [0.2, 0.25) is 0 Å². The van der Waals surface area contributed by atoms with Crippen LogP contribution in [0.5, 0.6) is 6.01 Å². The first kappa shape index (κ1) is 14.4. The van der Waals surface area contributed by atoms with Crippen LogP contribution in [-0.4, -0.2) is 21.6 Å². The van der Waals surface area contributed by atoms with Gasteiger partial charge in [0.2, 0.25) is 11.9 Å². The standard InChI is InChI=1S/C12H12FN7O/c1-2-21-12-18-10(17-11(19-12)20-15)16-9-4-3-7(6-14)5-8(9)13/h3-5H,2,15H2,1H3,(H2,16,17,18,19,20). The van der Waals surface area contributed by atoms with Crippen LogP contribution in [0.3, 0.4) is 0 Å². The summed E-state index contributed by atoms with van der Waals surface area (Å²) in [6, 6.07) is 5.89. The predicted molar refractivity (Wildman–Crippen MR) is 73.2 cm³/mol. The molecule has 0 aliphatic heterocycles. The van der Waals surface area contributed by atoms with Gasteiger partial charge in [0.15, 0.2) is 0 Å². The fraction of sp³-hybridized carbons (Fsp3) is 0.167. The number of halogens is 1. The molecule has 0 aliphatic rings. The van der Waals surface area contributed by atoms with Gasteiger partial charge in [0, 0.05) is 0 Å². The molecule has 0 saturated carbocycles. The van der Waals surface area contributed by atoms with Crippen molar-refractivity contribution in [3.05, 3.63) is 29.6 Å². The Hall–Kier alpha value is -2.99. The Balaban J connectivity index is 2.30. The Morgan fingerprint density at radius 3 is 2.71 bits per heavy atom. The summed E-state index contributed by atoms with van der Waals surface area (Å²) >= 11 is 0. The first-order valence-electron chi connectivity index (χ1n) is 5.98. The Morgan fingerprint density at radius 1 is 1.33 bits per heavy atom. The molecule has 108 valence electrons. The maximum Gasteiger partial charge on any atom is 0.323 e. The van der Waals surface area contributed by atoms with Crippen molar-refractivity contribution in [3.8, 4) is 12.1 Å². The third kappa shape index (κ3) is 3.52. The van der Waals surface area contributed by atoms with Crippen molar-refractivity contribution in [3.63, 3.8) is 0 Å². The molecule has 1 aromatic heterocycles. The fourth-order valence-corrected chi connectivity index (χ4v) is 1.48. The number of nitrogens with zero attached hydrogens (tertiary/aromatic N) is 4. The van der Waals surface area contributed by atoms with Crippen molar-refractivity contribution in [1.82, 2.24) is 15.0 Å². The summed E-state index contributed by atoms with van der Waals surface area (Å²) in [5, 5.41) is 11.4. The van der Waals surface area contributed by atoms with E-state index in [1.165, 1.54) is 12.1 Å². The number of benzene rings is 1. The molecule has 0 bridgehead atoms. The molecular weight excluding hydrogens is 277 g/mol. The molecule has 0 radical (unpaired) electrons. The Labute approximate surface area is 119 Å². The minimum Gasteiger partial charge on any atom is -0.464 e. The molecule has 0 saturated heterocycles. The van der Waals surface area contributed by atoms with Crippen LogP contribution in [0.25, 0.3) is 0 Å². The van der Waals surface area contributed by atoms with E-state index in [9.17, 15) is 4.39 Å². The van der Waals surface area contributed by atoms with E-state index in [0.717, 1.165) is 6.07 Å². The lowest BCUT2D eigenvalue weighted by molar-refractivity contribution is 0.312. The molecule has 0 unspecified atom stereocenters. The topological polar surface area (TPSA) is 122 Å². The van der Waals surface area contributed by atoms with Gasteiger partial charge >= 0.3 is 6.01 Å². The van der Waals surface area contributed by atoms with E-state index in [0.29, 0.717) is 6.61 Å².